The van der Waals surface area contributed by atoms with Crippen LogP contribution in [0.1, 0.15) is 5.56 Å². The molecule has 18 heavy (non-hydrogen) atoms. The van der Waals surface area contributed by atoms with Crippen molar-refractivity contribution in [3.05, 3.63) is 46.6 Å². The topological polar surface area (TPSA) is 56.2 Å². The highest BCUT2D eigenvalue weighted by atomic mass is 79.9. The van der Waals surface area contributed by atoms with Gasteiger partial charge >= 0.3 is 0 Å². The summed E-state index contributed by atoms with van der Waals surface area (Å²) in [5.74, 6) is 0.785. The van der Waals surface area contributed by atoms with E-state index in [2.05, 4.69) is 26.1 Å². The number of anilines is 1. The average Bonchev–Trinajstić information content (AvgIpc) is 2.73. The van der Waals surface area contributed by atoms with E-state index in [-0.39, 0.29) is 0 Å². The molecular formula is C13H11BrN4. The van der Waals surface area contributed by atoms with Crippen molar-refractivity contribution in [1.82, 2.24) is 14.6 Å². The molecule has 0 amide bonds. The second-order valence-electron chi connectivity index (χ2n) is 4.15. The summed E-state index contributed by atoms with van der Waals surface area (Å²) in [7, 11) is 0. The number of nitrogens with two attached hydrogens (primary N) is 1. The van der Waals surface area contributed by atoms with Gasteiger partial charge in [-0.1, -0.05) is 34.1 Å². The van der Waals surface area contributed by atoms with E-state index in [0.29, 0.717) is 5.69 Å². The van der Waals surface area contributed by atoms with Crippen molar-refractivity contribution in [2.24, 2.45) is 0 Å². The van der Waals surface area contributed by atoms with Crippen LogP contribution in [-0.2, 0) is 0 Å². The Hall–Kier alpha value is -1.88. The van der Waals surface area contributed by atoms with Crippen LogP contribution in [-0.4, -0.2) is 14.6 Å². The number of nitrogens with zero attached hydrogens (tertiary/aromatic N) is 3. The Morgan fingerprint density at radius 1 is 1.22 bits per heavy atom. The standard InChI is InChI=1S/C13H11BrN4/c1-8-6-9(15)7-18-12(8)16-17-13(18)10-4-2-3-5-11(10)14/h2-7H,15H2,1H3. The fourth-order valence-corrected chi connectivity index (χ4v) is 2.47. The average molecular weight is 303 g/mol. The number of aryl methyl sites for hydroxylation is 1. The van der Waals surface area contributed by atoms with Crippen LogP contribution in [0.2, 0.25) is 0 Å². The molecule has 2 aromatic heterocycles. The maximum atomic E-state index is 5.88. The van der Waals surface area contributed by atoms with Crippen LogP contribution < -0.4 is 5.73 Å². The number of benzene rings is 1. The number of rotatable bonds is 1. The Labute approximate surface area is 113 Å². The summed E-state index contributed by atoms with van der Waals surface area (Å²) in [6.07, 6.45) is 1.84. The molecule has 0 atom stereocenters. The molecule has 0 saturated heterocycles. The smallest absolute Gasteiger partial charge is 0.169 e. The summed E-state index contributed by atoms with van der Waals surface area (Å²) >= 11 is 3.53. The van der Waals surface area contributed by atoms with Gasteiger partial charge in [0.2, 0.25) is 0 Å². The first-order chi connectivity index (χ1) is 8.66. The lowest BCUT2D eigenvalue weighted by molar-refractivity contribution is 1.11. The molecule has 0 bridgehead atoms. The Balaban J connectivity index is 2.34. The quantitative estimate of drug-likeness (QED) is 0.751. The highest BCUT2D eigenvalue weighted by Gasteiger charge is 2.12. The molecule has 2 heterocycles. The van der Waals surface area contributed by atoms with Crippen molar-refractivity contribution in [2.75, 3.05) is 5.73 Å². The van der Waals surface area contributed by atoms with Gasteiger partial charge in [0.25, 0.3) is 0 Å². The third-order valence-electron chi connectivity index (χ3n) is 2.82. The fraction of sp³-hybridized carbons (Fsp3) is 0.0769. The van der Waals surface area contributed by atoms with Gasteiger partial charge in [0.05, 0.1) is 0 Å². The van der Waals surface area contributed by atoms with Crippen LogP contribution >= 0.6 is 15.9 Å². The first-order valence-corrected chi connectivity index (χ1v) is 6.32. The number of aromatic nitrogens is 3. The normalized spacial score (nSPS) is 11.0. The van der Waals surface area contributed by atoms with Crippen molar-refractivity contribution >= 4 is 27.3 Å². The zero-order valence-corrected chi connectivity index (χ0v) is 11.3. The molecule has 5 heteroatoms. The van der Waals surface area contributed by atoms with Crippen molar-refractivity contribution in [3.63, 3.8) is 0 Å². The summed E-state index contributed by atoms with van der Waals surface area (Å²) < 4.78 is 2.91. The molecule has 0 saturated carbocycles. The monoisotopic (exact) mass is 302 g/mol. The summed E-state index contributed by atoms with van der Waals surface area (Å²) in [6, 6.07) is 9.82. The van der Waals surface area contributed by atoms with Gasteiger partial charge in [0.1, 0.15) is 0 Å². The number of halogens is 1. The Morgan fingerprint density at radius 3 is 2.78 bits per heavy atom. The van der Waals surface area contributed by atoms with Crippen LogP contribution in [0.25, 0.3) is 17.0 Å². The Kier molecular flexibility index (Phi) is 2.56. The highest BCUT2D eigenvalue weighted by Crippen LogP contribution is 2.27. The molecule has 2 N–H and O–H groups in total. The first kappa shape index (κ1) is 11.2. The van der Waals surface area contributed by atoms with Crippen LogP contribution in [0.3, 0.4) is 0 Å². The van der Waals surface area contributed by atoms with Gasteiger partial charge in [-0.25, -0.2) is 0 Å². The minimum atomic E-state index is 0.702. The molecule has 0 aliphatic carbocycles. The zero-order chi connectivity index (χ0) is 12.7. The van der Waals surface area contributed by atoms with E-state index in [1.165, 1.54) is 0 Å². The molecule has 4 nitrogen and oxygen atoms in total. The lowest BCUT2D eigenvalue weighted by atomic mass is 10.2. The molecule has 3 rings (SSSR count). The van der Waals surface area contributed by atoms with Crippen molar-refractivity contribution in [1.29, 1.82) is 0 Å². The van der Waals surface area contributed by atoms with E-state index in [4.69, 9.17) is 5.73 Å². The molecule has 0 spiro atoms. The largest absolute Gasteiger partial charge is 0.398 e. The fourth-order valence-electron chi connectivity index (χ4n) is 2.01. The van der Waals surface area contributed by atoms with E-state index in [0.717, 1.165) is 27.1 Å². The van der Waals surface area contributed by atoms with Crippen molar-refractivity contribution < 1.29 is 0 Å². The SMILES string of the molecule is Cc1cc(N)cn2c(-c3ccccc3Br)nnc12. The molecule has 0 fully saturated rings. The van der Waals surface area contributed by atoms with Crippen LogP contribution in [0.15, 0.2) is 41.0 Å². The molecule has 3 aromatic rings. The van der Waals surface area contributed by atoms with Gasteiger partial charge in [0, 0.05) is 21.9 Å². The molecule has 0 unspecified atom stereocenters. The second-order valence-corrected chi connectivity index (χ2v) is 5.01. The lowest BCUT2D eigenvalue weighted by Gasteiger charge is -2.04. The number of nitrogen functional groups attached to an aromatic ring is 1. The molecule has 90 valence electrons. The van der Waals surface area contributed by atoms with Gasteiger partial charge in [-0.2, -0.15) is 0 Å². The van der Waals surface area contributed by atoms with Crippen LogP contribution in [0, 0.1) is 6.92 Å². The lowest BCUT2D eigenvalue weighted by Crippen LogP contribution is -1.95. The summed E-state index contributed by atoms with van der Waals surface area (Å²) in [4.78, 5) is 0. The van der Waals surface area contributed by atoms with E-state index in [1.54, 1.807) is 0 Å². The summed E-state index contributed by atoms with van der Waals surface area (Å²) in [5.41, 5.74) is 9.42. The highest BCUT2D eigenvalue weighted by molar-refractivity contribution is 9.10. The second kappa shape index (κ2) is 4.10. The predicted octanol–water partition coefficient (Wildman–Crippen LogP) is 3.05. The molecular weight excluding hydrogens is 292 g/mol. The van der Waals surface area contributed by atoms with Gasteiger partial charge in [-0.3, -0.25) is 4.40 Å². The third kappa shape index (κ3) is 1.67. The van der Waals surface area contributed by atoms with Crippen molar-refractivity contribution in [3.8, 4) is 11.4 Å². The number of hydrogen-bond donors (Lipinski definition) is 1. The van der Waals surface area contributed by atoms with E-state index < -0.39 is 0 Å². The van der Waals surface area contributed by atoms with E-state index in [9.17, 15) is 0 Å². The minimum absolute atomic E-state index is 0.702. The molecule has 0 aliphatic heterocycles. The maximum absolute atomic E-state index is 5.88. The number of fused-ring (bicyclic) bond motifs is 1. The maximum Gasteiger partial charge on any atom is 0.169 e. The van der Waals surface area contributed by atoms with Crippen LogP contribution in [0.4, 0.5) is 5.69 Å². The third-order valence-corrected chi connectivity index (χ3v) is 3.52. The van der Waals surface area contributed by atoms with Gasteiger partial charge < -0.3 is 5.73 Å². The Morgan fingerprint density at radius 2 is 2.00 bits per heavy atom. The summed E-state index contributed by atoms with van der Waals surface area (Å²) in [5, 5.41) is 8.47. The van der Waals surface area contributed by atoms with Crippen LogP contribution in [0.5, 0.6) is 0 Å². The molecule has 1 aromatic carbocycles. The number of pyridine rings is 1. The van der Waals surface area contributed by atoms with Crippen molar-refractivity contribution in [2.45, 2.75) is 6.92 Å². The zero-order valence-electron chi connectivity index (χ0n) is 9.76. The molecule has 0 radical (unpaired) electrons. The van der Waals surface area contributed by atoms with E-state index in [1.807, 2.05) is 47.9 Å². The van der Waals surface area contributed by atoms with Gasteiger partial charge in [0.15, 0.2) is 11.5 Å². The van der Waals surface area contributed by atoms with E-state index >= 15 is 0 Å². The minimum Gasteiger partial charge on any atom is -0.398 e. The predicted molar refractivity (Wildman–Crippen MR) is 75.3 cm³/mol. The Bertz CT molecular complexity index is 733. The van der Waals surface area contributed by atoms with Gasteiger partial charge in [-0.15, -0.1) is 10.2 Å². The summed E-state index contributed by atoms with van der Waals surface area (Å²) in [6.45, 7) is 1.98. The number of hydrogen-bond acceptors (Lipinski definition) is 3. The van der Waals surface area contributed by atoms with Gasteiger partial charge in [-0.05, 0) is 24.6 Å². The first-order valence-electron chi connectivity index (χ1n) is 5.52. The molecule has 0 aliphatic rings.